The number of carbonyl (C=O) groups is 2. The average Bonchev–Trinajstić information content (AvgIpc) is 3.06. The first-order valence-corrected chi connectivity index (χ1v) is 8.51. The second kappa shape index (κ2) is 6.99. The third-order valence-corrected chi connectivity index (χ3v) is 5.13. The van der Waals surface area contributed by atoms with E-state index in [2.05, 4.69) is 16.0 Å². The predicted octanol–water partition coefficient (Wildman–Crippen LogP) is 1.09. The lowest BCUT2D eigenvalue weighted by molar-refractivity contribution is -0.126. The molecule has 1 atom stereocenters. The van der Waals surface area contributed by atoms with Gasteiger partial charge < -0.3 is 20.7 Å². The van der Waals surface area contributed by atoms with Gasteiger partial charge in [0.1, 0.15) is 5.75 Å². The van der Waals surface area contributed by atoms with E-state index in [1.54, 1.807) is 31.3 Å². The fourth-order valence-corrected chi connectivity index (χ4v) is 3.82. The predicted molar refractivity (Wildman–Crippen MR) is 91.0 cm³/mol. The Morgan fingerprint density at radius 1 is 1.21 bits per heavy atom. The number of rotatable bonds is 7. The highest BCUT2D eigenvalue weighted by molar-refractivity contribution is 6.30. The van der Waals surface area contributed by atoms with Crippen LogP contribution in [-0.2, 0) is 9.59 Å². The minimum Gasteiger partial charge on any atom is -0.484 e. The van der Waals surface area contributed by atoms with Crippen molar-refractivity contribution in [2.75, 3.05) is 20.2 Å². The lowest BCUT2D eigenvalue weighted by Crippen LogP contribution is -2.53. The minimum absolute atomic E-state index is 0.00954. The first kappa shape index (κ1) is 17.0. The molecule has 0 saturated heterocycles. The Bertz CT molecular complexity index is 614. The first-order chi connectivity index (χ1) is 11.5. The topological polar surface area (TPSA) is 79.5 Å². The van der Waals surface area contributed by atoms with E-state index in [4.69, 9.17) is 16.3 Å². The maximum atomic E-state index is 12.1. The maximum Gasteiger partial charge on any atom is 0.258 e. The van der Waals surface area contributed by atoms with E-state index in [1.807, 2.05) is 0 Å². The van der Waals surface area contributed by atoms with E-state index in [-0.39, 0.29) is 24.0 Å². The SMILES string of the molecule is CNC(=O)CN[C@H]1CC2(NC(=O)COc3ccc(Cl)cc3)CC1C2. The Hall–Kier alpha value is -1.79. The molecule has 3 saturated carbocycles. The van der Waals surface area contributed by atoms with Crippen LogP contribution in [0.2, 0.25) is 5.02 Å². The van der Waals surface area contributed by atoms with Crippen LogP contribution in [0.15, 0.2) is 24.3 Å². The van der Waals surface area contributed by atoms with Crippen molar-refractivity contribution in [2.24, 2.45) is 5.92 Å². The summed E-state index contributed by atoms with van der Waals surface area (Å²) in [6, 6.07) is 7.22. The average molecular weight is 352 g/mol. The second-order valence-corrected chi connectivity index (χ2v) is 7.04. The molecule has 0 aliphatic heterocycles. The minimum atomic E-state index is -0.133. The van der Waals surface area contributed by atoms with Gasteiger partial charge in [-0.25, -0.2) is 0 Å². The third kappa shape index (κ3) is 3.82. The summed E-state index contributed by atoms with van der Waals surface area (Å²) >= 11 is 5.81. The largest absolute Gasteiger partial charge is 0.484 e. The van der Waals surface area contributed by atoms with Gasteiger partial charge in [-0.05, 0) is 49.4 Å². The van der Waals surface area contributed by atoms with Crippen LogP contribution >= 0.6 is 11.6 Å². The number of fused-ring (bicyclic) bond motifs is 1. The maximum absolute atomic E-state index is 12.1. The molecule has 1 aromatic carbocycles. The van der Waals surface area contributed by atoms with Crippen LogP contribution in [0.4, 0.5) is 0 Å². The summed E-state index contributed by atoms with van der Waals surface area (Å²) in [6.45, 7) is 0.311. The van der Waals surface area contributed by atoms with Crippen molar-refractivity contribution < 1.29 is 14.3 Å². The molecule has 130 valence electrons. The van der Waals surface area contributed by atoms with Crippen molar-refractivity contribution >= 4 is 23.4 Å². The van der Waals surface area contributed by atoms with Gasteiger partial charge in [0.25, 0.3) is 5.91 Å². The zero-order valence-electron chi connectivity index (χ0n) is 13.6. The van der Waals surface area contributed by atoms with Gasteiger partial charge in [0.05, 0.1) is 6.54 Å². The molecule has 6 nitrogen and oxygen atoms in total. The number of amides is 2. The van der Waals surface area contributed by atoms with Gasteiger partial charge in [-0.3, -0.25) is 9.59 Å². The number of nitrogens with one attached hydrogen (secondary N) is 3. The molecule has 3 N–H and O–H groups in total. The number of benzene rings is 1. The summed E-state index contributed by atoms with van der Waals surface area (Å²) in [7, 11) is 1.63. The molecule has 0 radical (unpaired) electrons. The fourth-order valence-electron chi connectivity index (χ4n) is 3.70. The van der Waals surface area contributed by atoms with E-state index < -0.39 is 0 Å². The van der Waals surface area contributed by atoms with Gasteiger partial charge in [0, 0.05) is 23.7 Å². The number of likely N-dealkylation sites (N-methyl/N-ethyl adjacent to an activating group) is 1. The number of hydrogen-bond donors (Lipinski definition) is 3. The van der Waals surface area contributed by atoms with E-state index in [0.29, 0.717) is 29.3 Å². The summed E-state index contributed by atoms with van der Waals surface area (Å²) in [6.07, 6.45) is 2.79. The normalized spacial score (nSPS) is 27.2. The molecular weight excluding hydrogens is 330 g/mol. The Kier molecular flexibility index (Phi) is 4.96. The van der Waals surface area contributed by atoms with Crippen LogP contribution < -0.4 is 20.7 Å². The number of ether oxygens (including phenoxy) is 1. The zero-order valence-corrected chi connectivity index (χ0v) is 14.4. The van der Waals surface area contributed by atoms with Crippen LogP contribution in [-0.4, -0.2) is 43.6 Å². The smallest absolute Gasteiger partial charge is 0.258 e. The standard InChI is InChI=1S/C17H22ClN3O3/c1-19-15(22)9-20-14-8-17(6-11(14)7-17)21-16(23)10-24-13-4-2-12(18)3-5-13/h2-5,11,14,20H,6-10H2,1H3,(H,19,22)(H,21,23)/t11?,14-,17?/m0/s1. The third-order valence-electron chi connectivity index (χ3n) is 4.88. The molecule has 0 heterocycles. The van der Waals surface area contributed by atoms with Crippen LogP contribution in [0.25, 0.3) is 0 Å². The Labute approximate surface area is 146 Å². The fraction of sp³-hybridized carbons (Fsp3) is 0.529. The van der Waals surface area contributed by atoms with Gasteiger partial charge >= 0.3 is 0 Å². The van der Waals surface area contributed by atoms with Crippen LogP contribution in [0, 0.1) is 5.92 Å². The van der Waals surface area contributed by atoms with Gasteiger partial charge in [-0.2, -0.15) is 0 Å². The van der Waals surface area contributed by atoms with E-state index in [9.17, 15) is 9.59 Å². The van der Waals surface area contributed by atoms with Crippen LogP contribution in [0.3, 0.4) is 0 Å². The molecule has 3 aliphatic carbocycles. The molecule has 0 spiro atoms. The summed E-state index contributed by atoms with van der Waals surface area (Å²) < 4.78 is 5.48. The highest BCUT2D eigenvalue weighted by Gasteiger charge is 2.56. The van der Waals surface area contributed by atoms with Crippen molar-refractivity contribution in [1.82, 2.24) is 16.0 Å². The molecule has 3 aliphatic rings. The lowest BCUT2D eigenvalue weighted by Gasteiger charge is -2.39. The van der Waals surface area contributed by atoms with Crippen molar-refractivity contribution in [1.29, 1.82) is 0 Å². The van der Waals surface area contributed by atoms with Gasteiger partial charge in [0.2, 0.25) is 5.91 Å². The van der Waals surface area contributed by atoms with Gasteiger partial charge in [0.15, 0.2) is 6.61 Å². The molecule has 4 rings (SSSR count). The van der Waals surface area contributed by atoms with E-state index in [1.165, 1.54) is 0 Å². The van der Waals surface area contributed by atoms with Crippen molar-refractivity contribution in [3.8, 4) is 5.75 Å². The monoisotopic (exact) mass is 351 g/mol. The number of carbonyl (C=O) groups excluding carboxylic acids is 2. The summed E-state index contributed by atoms with van der Waals surface area (Å²) in [5.41, 5.74) is -0.133. The van der Waals surface area contributed by atoms with Crippen molar-refractivity contribution in [3.63, 3.8) is 0 Å². The lowest BCUT2D eigenvalue weighted by atomic mass is 9.76. The number of hydrogen-bond acceptors (Lipinski definition) is 4. The second-order valence-electron chi connectivity index (χ2n) is 6.60. The highest BCUT2D eigenvalue weighted by atomic mass is 35.5. The summed E-state index contributed by atoms with van der Waals surface area (Å²) in [5.74, 6) is 1.02. The molecule has 2 amide bonds. The summed E-state index contributed by atoms with van der Waals surface area (Å²) in [4.78, 5) is 23.5. The van der Waals surface area contributed by atoms with Gasteiger partial charge in [-0.1, -0.05) is 11.6 Å². The molecule has 7 heteroatoms. The molecule has 0 aromatic heterocycles. The molecule has 3 fully saturated rings. The molecule has 0 unspecified atom stereocenters. The molecular formula is C17H22ClN3O3. The molecule has 1 aromatic rings. The Morgan fingerprint density at radius 3 is 2.58 bits per heavy atom. The van der Waals surface area contributed by atoms with E-state index >= 15 is 0 Å². The zero-order chi connectivity index (χ0) is 17.2. The first-order valence-electron chi connectivity index (χ1n) is 8.13. The van der Waals surface area contributed by atoms with Crippen LogP contribution in [0.1, 0.15) is 19.3 Å². The number of halogens is 1. The summed E-state index contributed by atoms with van der Waals surface area (Å²) in [5, 5.41) is 9.61. The van der Waals surface area contributed by atoms with Crippen LogP contribution in [0.5, 0.6) is 5.75 Å². The quantitative estimate of drug-likeness (QED) is 0.687. The Balaban J connectivity index is 1.43. The molecule has 24 heavy (non-hydrogen) atoms. The highest BCUT2D eigenvalue weighted by Crippen LogP contribution is 2.51. The van der Waals surface area contributed by atoms with Crippen molar-refractivity contribution in [3.05, 3.63) is 29.3 Å². The Morgan fingerprint density at radius 2 is 1.92 bits per heavy atom. The van der Waals surface area contributed by atoms with E-state index in [0.717, 1.165) is 19.3 Å². The van der Waals surface area contributed by atoms with Gasteiger partial charge in [-0.15, -0.1) is 0 Å². The van der Waals surface area contributed by atoms with Crippen molar-refractivity contribution in [2.45, 2.75) is 30.8 Å². The molecule has 2 bridgehead atoms.